The van der Waals surface area contributed by atoms with Crippen LogP contribution in [0.1, 0.15) is 29.0 Å². The largest absolute Gasteiger partial charge is 0.481 e. The molecular formula is C19H18N4O3. The van der Waals surface area contributed by atoms with Crippen molar-refractivity contribution in [1.29, 1.82) is 0 Å². The van der Waals surface area contributed by atoms with Gasteiger partial charge in [-0.3, -0.25) is 9.59 Å². The summed E-state index contributed by atoms with van der Waals surface area (Å²) in [6, 6.07) is 13.0. The zero-order valence-electron chi connectivity index (χ0n) is 14.2. The van der Waals surface area contributed by atoms with Gasteiger partial charge in [-0.25, -0.2) is 9.67 Å². The lowest BCUT2D eigenvalue weighted by atomic mass is 9.80. The Labute approximate surface area is 149 Å². The summed E-state index contributed by atoms with van der Waals surface area (Å²) in [6.45, 7) is 1.91. The van der Waals surface area contributed by atoms with E-state index in [1.54, 1.807) is 10.7 Å². The number of benzene rings is 1. The molecule has 2 heterocycles. The van der Waals surface area contributed by atoms with Gasteiger partial charge in [-0.05, 0) is 44.0 Å². The number of nitrogens with one attached hydrogen (secondary N) is 1. The molecule has 0 aliphatic heterocycles. The molecular weight excluding hydrogens is 332 g/mol. The van der Waals surface area contributed by atoms with E-state index in [2.05, 4.69) is 15.4 Å². The van der Waals surface area contributed by atoms with Gasteiger partial charge in [0.25, 0.3) is 5.91 Å². The molecule has 0 radical (unpaired) electrons. The maximum Gasteiger partial charge on any atom is 0.306 e. The Kier molecular flexibility index (Phi) is 3.91. The minimum Gasteiger partial charge on any atom is -0.481 e. The van der Waals surface area contributed by atoms with Gasteiger partial charge in [0.1, 0.15) is 5.69 Å². The minimum atomic E-state index is -0.808. The SMILES string of the molecule is Cc1nn(-c2ccccc2)c2nc(C(=O)NC3CC(C(=O)O)C3)ccc12. The molecule has 0 unspecified atom stereocenters. The number of carboxylic acids is 1. The highest BCUT2D eigenvalue weighted by Crippen LogP contribution is 2.28. The lowest BCUT2D eigenvalue weighted by molar-refractivity contribution is -0.145. The molecule has 1 aliphatic rings. The molecule has 1 amide bonds. The number of aliphatic carboxylic acids is 1. The molecule has 0 saturated heterocycles. The number of carbonyl (C=O) groups is 2. The van der Waals surface area contributed by atoms with Gasteiger partial charge in [-0.2, -0.15) is 5.10 Å². The fraction of sp³-hybridized carbons (Fsp3) is 0.263. The first kappa shape index (κ1) is 16.3. The summed E-state index contributed by atoms with van der Waals surface area (Å²) in [5.41, 5.74) is 2.64. The highest BCUT2D eigenvalue weighted by molar-refractivity contribution is 5.95. The van der Waals surface area contributed by atoms with Crippen LogP contribution in [0.25, 0.3) is 16.7 Å². The molecule has 0 atom stereocenters. The average Bonchev–Trinajstić information content (AvgIpc) is 2.94. The summed E-state index contributed by atoms with van der Waals surface area (Å²) in [5.74, 6) is -1.46. The van der Waals surface area contributed by atoms with Crippen LogP contribution in [0.2, 0.25) is 0 Å². The fourth-order valence-electron chi connectivity index (χ4n) is 3.22. The number of aryl methyl sites for hydroxylation is 1. The molecule has 1 saturated carbocycles. The van der Waals surface area contributed by atoms with Gasteiger partial charge in [0.2, 0.25) is 0 Å². The predicted octanol–water partition coefficient (Wildman–Crippen LogP) is 2.32. The number of carbonyl (C=O) groups excluding carboxylic acids is 1. The number of rotatable bonds is 4. The summed E-state index contributed by atoms with van der Waals surface area (Å²) in [6.07, 6.45) is 0.925. The number of fused-ring (bicyclic) bond motifs is 1. The third-order valence-electron chi connectivity index (χ3n) is 4.77. The van der Waals surface area contributed by atoms with Gasteiger partial charge < -0.3 is 10.4 Å². The number of carboxylic acid groups (broad SMARTS) is 1. The Hall–Kier alpha value is -3.22. The van der Waals surface area contributed by atoms with E-state index < -0.39 is 5.97 Å². The second-order valence-corrected chi connectivity index (χ2v) is 6.58. The molecule has 3 aromatic rings. The van der Waals surface area contributed by atoms with Crippen molar-refractivity contribution in [2.24, 2.45) is 5.92 Å². The predicted molar refractivity (Wildman–Crippen MR) is 95.2 cm³/mol. The quantitative estimate of drug-likeness (QED) is 0.753. The van der Waals surface area contributed by atoms with Crippen LogP contribution in [0.15, 0.2) is 42.5 Å². The molecule has 7 nitrogen and oxygen atoms in total. The molecule has 0 bridgehead atoms. The average molecular weight is 350 g/mol. The van der Waals surface area contributed by atoms with Crippen molar-refractivity contribution in [3.63, 3.8) is 0 Å². The van der Waals surface area contributed by atoms with Crippen LogP contribution in [0.3, 0.4) is 0 Å². The van der Waals surface area contributed by atoms with Gasteiger partial charge in [-0.15, -0.1) is 0 Å². The topological polar surface area (TPSA) is 97.1 Å². The number of aromatic nitrogens is 3. The molecule has 4 rings (SSSR count). The van der Waals surface area contributed by atoms with E-state index >= 15 is 0 Å². The highest BCUT2D eigenvalue weighted by atomic mass is 16.4. The number of pyridine rings is 1. The summed E-state index contributed by atoms with van der Waals surface area (Å²) < 4.78 is 1.73. The number of nitrogens with zero attached hydrogens (tertiary/aromatic N) is 3. The lowest BCUT2D eigenvalue weighted by Crippen LogP contribution is -2.46. The Bertz CT molecular complexity index is 991. The third kappa shape index (κ3) is 2.81. The van der Waals surface area contributed by atoms with Crippen molar-refractivity contribution >= 4 is 22.9 Å². The van der Waals surface area contributed by atoms with Gasteiger partial charge in [0.05, 0.1) is 17.3 Å². The van der Waals surface area contributed by atoms with E-state index in [4.69, 9.17) is 5.11 Å². The van der Waals surface area contributed by atoms with Crippen molar-refractivity contribution in [2.75, 3.05) is 0 Å². The molecule has 2 aromatic heterocycles. The Morgan fingerprint density at radius 3 is 2.58 bits per heavy atom. The van der Waals surface area contributed by atoms with Crippen LogP contribution >= 0.6 is 0 Å². The van der Waals surface area contributed by atoms with Crippen molar-refractivity contribution in [1.82, 2.24) is 20.1 Å². The van der Waals surface area contributed by atoms with Crippen molar-refractivity contribution < 1.29 is 14.7 Å². The Balaban J connectivity index is 1.61. The number of amides is 1. The van der Waals surface area contributed by atoms with Crippen molar-refractivity contribution in [2.45, 2.75) is 25.8 Å². The second-order valence-electron chi connectivity index (χ2n) is 6.58. The van der Waals surface area contributed by atoms with Crippen LogP contribution in [0, 0.1) is 12.8 Å². The van der Waals surface area contributed by atoms with Crippen LogP contribution in [-0.4, -0.2) is 37.8 Å². The maximum atomic E-state index is 12.5. The summed E-state index contributed by atoms with van der Waals surface area (Å²) >= 11 is 0. The Morgan fingerprint density at radius 1 is 1.15 bits per heavy atom. The first-order valence-corrected chi connectivity index (χ1v) is 8.48. The summed E-state index contributed by atoms with van der Waals surface area (Å²) in [4.78, 5) is 27.9. The lowest BCUT2D eigenvalue weighted by Gasteiger charge is -2.32. The van der Waals surface area contributed by atoms with E-state index in [0.717, 1.165) is 16.8 Å². The first-order valence-electron chi connectivity index (χ1n) is 8.48. The van der Waals surface area contributed by atoms with E-state index in [-0.39, 0.29) is 17.9 Å². The molecule has 1 fully saturated rings. The van der Waals surface area contributed by atoms with Crippen LogP contribution in [-0.2, 0) is 4.79 Å². The molecule has 1 aliphatic carbocycles. The smallest absolute Gasteiger partial charge is 0.306 e. The normalized spacial score (nSPS) is 19.1. The van der Waals surface area contributed by atoms with Crippen molar-refractivity contribution in [3.8, 4) is 5.69 Å². The number of hydrogen-bond acceptors (Lipinski definition) is 4. The van der Waals surface area contributed by atoms with E-state index in [1.807, 2.05) is 43.3 Å². The molecule has 7 heteroatoms. The fourth-order valence-corrected chi connectivity index (χ4v) is 3.22. The first-order chi connectivity index (χ1) is 12.5. The Morgan fingerprint density at radius 2 is 1.88 bits per heavy atom. The summed E-state index contributed by atoms with van der Waals surface area (Å²) in [7, 11) is 0. The molecule has 0 spiro atoms. The molecule has 132 valence electrons. The number of hydrogen-bond donors (Lipinski definition) is 2. The van der Waals surface area contributed by atoms with Crippen LogP contribution in [0.5, 0.6) is 0 Å². The van der Waals surface area contributed by atoms with Gasteiger partial charge in [0, 0.05) is 11.4 Å². The molecule has 26 heavy (non-hydrogen) atoms. The number of para-hydroxylation sites is 1. The van der Waals surface area contributed by atoms with Crippen molar-refractivity contribution in [3.05, 3.63) is 53.9 Å². The third-order valence-corrected chi connectivity index (χ3v) is 4.77. The standard InChI is InChI=1S/C19H18N4O3/c1-11-15-7-8-16(18(24)20-13-9-12(10-13)19(25)26)21-17(15)23(22-11)14-5-3-2-4-6-14/h2-8,12-13H,9-10H2,1H3,(H,20,24)(H,25,26). The van der Waals surface area contributed by atoms with Gasteiger partial charge >= 0.3 is 5.97 Å². The van der Waals surface area contributed by atoms with E-state index in [1.165, 1.54) is 0 Å². The second kappa shape index (κ2) is 6.25. The summed E-state index contributed by atoms with van der Waals surface area (Å²) in [5, 5.41) is 17.2. The maximum absolute atomic E-state index is 12.5. The zero-order valence-corrected chi connectivity index (χ0v) is 14.2. The van der Waals surface area contributed by atoms with Gasteiger partial charge in [0.15, 0.2) is 5.65 Å². The molecule has 2 N–H and O–H groups in total. The zero-order chi connectivity index (χ0) is 18.3. The van der Waals surface area contributed by atoms with E-state index in [0.29, 0.717) is 24.2 Å². The van der Waals surface area contributed by atoms with Gasteiger partial charge in [-0.1, -0.05) is 18.2 Å². The van der Waals surface area contributed by atoms with Crippen LogP contribution < -0.4 is 5.32 Å². The van der Waals surface area contributed by atoms with E-state index in [9.17, 15) is 9.59 Å². The van der Waals surface area contributed by atoms with Crippen LogP contribution in [0.4, 0.5) is 0 Å². The minimum absolute atomic E-state index is 0.109. The monoisotopic (exact) mass is 350 g/mol. The molecule has 1 aromatic carbocycles. The highest BCUT2D eigenvalue weighted by Gasteiger charge is 2.35.